The van der Waals surface area contributed by atoms with E-state index in [0.29, 0.717) is 11.5 Å². The Morgan fingerprint density at radius 1 is 1.15 bits per heavy atom. The quantitative estimate of drug-likeness (QED) is 0.877. The van der Waals surface area contributed by atoms with Crippen LogP contribution < -0.4 is 5.73 Å². The van der Waals surface area contributed by atoms with Crippen LogP contribution in [0.15, 0.2) is 30.6 Å². The lowest BCUT2D eigenvalue weighted by molar-refractivity contribution is 0.298. The zero-order chi connectivity index (χ0) is 17.7. The molecule has 0 radical (unpaired) electrons. The smallest absolute Gasteiger partial charge is 0.0568 e. The second-order valence-corrected chi connectivity index (χ2v) is 9.19. The van der Waals surface area contributed by atoms with Crippen molar-refractivity contribution in [2.24, 2.45) is 24.6 Å². The number of aromatic nitrogens is 2. The van der Waals surface area contributed by atoms with Crippen LogP contribution >= 0.6 is 0 Å². The van der Waals surface area contributed by atoms with E-state index < -0.39 is 0 Å². The van der Waals surface area contributed by atoms with Crippen molar-refractivity contribution in [3.63, 3.8) is 0 Å². The standard InChI is InChI=1S/C23H31N3/c1-26-15-19(14-25-26)18-6-5-17-10-11-23(22(17)12-18)13-20(23)7-2-16-3-8-21(24)9-4-16/h5-6,12,14-16,20-21H,2-4,7-11,13,24H2,1H3. The van der Waals surface area contributed by atoms with E-state index in [1.165, 1.54) is 68.9 Å². The van der Waals surface area contributed by atoms with E-state index in [1.807, 2.05) is 17.9 Å². The molecule has 3 heteroatoms. The van der Waals surface area contributed by atoms with Gasteiger partial charge in [0.1, 0.15) is 0 Å². The van der Waals surface area contributed by atoms with Crippen LogP contribution in [0.4, 0.5) is 0 Å². The van der Waals surface area contributed by atoms with Crippen molar-refractivity contribution < 1.29 is 0 Å². The van der Waals surface area contributed by atoms with Gasteiger partial charge in [0.15, 0.2) is 0 Å². The molecule has 2 fully saturated rings. The first-order valence-electron chi connectivity index (χ1n) is 10.5. The highest BCUT2D eigenvalue weighted by Gasteiger charge is 2.57. The van der Waals surface area contributed by atoms with Gasteiger partial charge in [-0.25, -0.2) is 0 Å². The second-order valence-electron chi connectivity index (χ2n) is 9.19. The first kappa shape index (κ1) is 16.6. The van der Waals surface area contributed by atoms with Crippen molar-refractivity contribution in [3.05, 3.63) is 41.7 Å². The summed E-state index contributed by atoms with van der Waals surface area (Å²) in [5.41, 5.74) is 12.4. The minimum atomic E-state index is 0.478. The Bertz CT molecular complexity index is 800. The minimum absolute atomic E-state index is 0.478. The molecule has 0 saturated heterocycles. The number of nitrogens with zero attached hydrogens (tertiary/aromatic N) is 2. The molecule has 5 rings (SSSR count). The van der Waals surface area contributed by atoms with Crippen molar-refractivity contribution >= 4 is 0 Å². The van der Waals surface area contributed by atoms with Gasteiger partial charge in [-0.3, -0.25) is 4.68 Å². The summed E-state index contributed by atoms with van der Waals surface area (Å²) < 4.78 is 1.90. The van der Waals surface area contributed by atoms with Crippen LogP contribution in [-0.2, 0) is 18.9 Å². The molecule has 2 saturated carbocycles. The molecule has 3 aliphatic carbocycles. The van der Waals surface area contributed by atoms with Gasteiger partial charge in [-0.05, 0) is 85.3 Å². The third kappa shape index (κ3) is 2.81. The molecule has 1 heterocycles. The van der Waals surface area contributed by atoms with Crippen LogP contribution in [0.3, 0.4) is 0 Å². The molecule has 3 nitrogen and oxygen atoms in total. The van der Waals surface area contributed by atoms with Crippen molar-refractivity contribution in [2.75, 3.05) is 0 Å². The topological polar surface area (TPSA) is 43.8 Å². The molecule has 2 aromatic rings. The van der Waals surface area contributed by atoms with Gasteiger partial charge in [0.25, 0.3) is 0 Å². The summed E-state index contributed by atoms with van der Waals surface area (Å²) in [6.45, 7) is 0. The molecule has 2 N–H and O–H groups in total. The van der Waals surface area contributed by atoms with Gasteiger partial charge in [-0.1, -0.05) is 24.6 Å². The van der Waals surface area contributed by atoms with Crippen LogP contribution in [-0.4, -0.2) is 15.8 Å². The molecular formula is C23H31N3. The lowest BCUT2D eigenvalue weighted by Gasteiger charge is -2.26. The van der Waals surface area contributed by atoms with Gasteiger partial charge < -0.3 is 5.73 Å². The maximum atomic E-state index is 6.07. The van der Waals surface area contributed by atoms with E-state index in [-0.39, 0.29) is 0 Å². The molecule has 2 unspecified atom stereocenters. The van der Waals surface area contributed by atoms with Crippen molar-refractivity contribution in [3.8, 4) is 11.1 Å². The molecule has 26 heavy (non-hydrogen) atoms. The number of benzene rings is 1. The van der Waals surface area contributed by atoms with Crippen molar-refractivity contribution in [1.29, 1.82) is 0 Å². The average molecular weight is 350 g/mol. The molecule has 138 valence electrons. The third-order valence-electron chi connectivity index (χ3n) is 7.57. The van der Waals surface area contributed by atoms with E-state index >= 15 is 0 Å². The predicted molar refractivity (Wildman–Crippen MR) is 106 cm³/mol. The van der Waals surface area contributed by atoms with E-state index in [2.05, 4.69) is 29.5 Å². The third-order valence-corrected chi connectivity index (χ3v) is 7.57. The van der Waals surface area contributed by atoms with Crippen LogP contribution in [0.25, 0.3) is 11.1 Å². The molecule has 0 aliphatic heterocycles. The summed E-state index contributed by atoms with van der Waals surface area (Å²) in [7, 11) is 1.99. The molecular weight excluding hydrogens is 318 g/mol. The van der Waals surface area contributed by atoms with Crippen molar-refractivity contribution in [2.45, 2.75) is 69.2 Å². The van der Waals surface area contributed by atoms with Gasteiger partial charge in [0.05, 0.1) is 6.20 Å². The number of fused-ring (bicyclic) bond motifs is 2. The van der Waals surface area contributed by atoms with E-state index in [0.717, 1.165) is 11.8 Å². The highest BCUT2D eigenvalue weighted by molar-refractivity contribution is 5.65. The molecule has 2 atom stereocenters. The Labute approximate surface area is 157 Å². The summed E-state index contributed by atoms with van der Waals surface area (Å²) in [6.07, 6.45) is 16.3. The zero-order valence-electron chi connectivity index (χ0n) is 16.0. The summed E-state index contributed by atoms with van der Waals surface area (Å²) in [6, 6.07) is 7.63. The van der Waals surface area contributed by atoms with E-state index in [9.17, 15) is 0 Å². The maximum Gasteiger partial charge on any atom is 0.0568 e. The Hall–Kier alpha value is -1.61. The van der Waals surface area contributed by atoms with Crippen LogP contribution in [0.1, 0.15) is 62.5 Å². The van der Waals surface area contributed by atoms with Gasteiger partial charge in [0.2, 0.25) is 0 Å². The van der Waals surface area contributed by atoms with Crippen molar-refractivity contribution in [1.82, 2.24) is 9.78 Å². The minimum Gasteiger partial charge on any atom is -0.328 e. The summed E-state index contributed by atoms with van der Waals surface area (Å²) in [5.74, 6) is 1.86. The SMILES string of the molecule is Cn1cc(-c2ccc3c(c2)C2(CC3)CC2CCC2CCC(N)CC2)cn1. The molecule has 1 aromatic carbocycles. The first-order chi connectivity index (χ1) is 12.6. The number of hydrogen-bond donors (Lipinski definition) is 1. The Morgan fingerprint density at radius 3 is 2.77 bits per heavy atom. The Balaban J connectivity index is 1.29. The fraction of sp³-hybridized carbons (Fsp3) is 0.609. The molecule has 1 spiro atoms. The highest BCUT2D eigenvalue weighted by atomic mass is 15.2. The normalized spacial score (nSPS) is 32.8. The Kier molecular flexibility index (Phi) is 3.97. The van der Waals surface area contributed by atoms with E-state index in [4.69, 9.17) is 5.73 Å². The average Bonchev–Trinajstić information content (AvgIpc) is 2.97. The maximum absolute atomic E-state index is 6.07. The fourth-order valence-corrected chi connectivity index (χ4v) is 5.81. The summed E-state index contributed by atoms with van der Waals surface area (Å²) in [5, 5.41) is 4.35. The van der Waals surface area contributed by atoms with Crippen LogP contribution in [0.5, 0.6) is 0 Å². The highest BCUT2D eigenvalue weighted by Crippen LogP contribution is 2.63. The largest absolute Gasteiger partial charge is 0.328 e. The first-order valence-corrected chi connectivity index (χ1v) is 10.5. The number of nitrogens with two attached hydrogens (primary N) is 1. The monoisotopic (exact) mass is 349 g/mol. The van der Waals surface area contributed by atoms with Gasteiger partial charge in [0, 0.05) is 24.8 Å². The van der Waals surface area contributed by atoms with Gasteiger partial charge >= 0.3 is 0 Å². The molecule has 3 aliphatic rings. The zero-order valence-corrected chi connectivity index (χ0v) is 16.0. The predicted octanol–water partition coefficient (Wildman–Crippen LogP) is 4.59. The van der Waals surface area contributed by atoms with Gasteiger partial charge in [-0.2, -0.15) is 5.10 Å². The Morgan fingerprint density at radius 2 is 2.00 bits per heavy atom. The summed E-state index contributed by atoms with van der Waals surface area (Å²) >= 11 is 0. The summed E-state index contributed by atoms with van der Waals surface area (Å²) in [4.78, 5) is 0. The van der Waals surface area contributed by atoms with Crippen LogP contribution in [0, 0.1) is 11.8 Å². The van der Waals surface area contributed by atoms with E-state index in [1.54, 1.807) is 11.1 Å². The lowest BCUT2D eigenvalue weighted by atomic mass is 9.82. The number of aryl methyl sites for hydroxylation is 2. The molecule has 1 aromatic heterocycles. The fourth-order valence-electron chi connectivity index (χ4n) is 5.81. The number of rotatable bonds is 4. The number of hydrogen-bond acceptors (Lipinski definition) is 2. The van der Waals surface area contributed by atoms with Crippen LogP contribution in [0.2, 0.25) is 0 Å². The van der Waals surface area contributed by atoms with Gasteiger partial charge in [-0.15, -0.1) is 0 Å². The molecule has 0 amide bonds. The molecule has 0 bridgehead atoms. The lowest BCUT2D eigenvalue weighted by Crippen LogP contribution is -2.26. The second kappa shape index (κ2) is 6.23.